The van der Waals surface area contributed by atoms with Crippen LogP contribution in [-0.2, 0) is 30.4 Å². The Hall–Kier alpha value is -4.04. The zero-order valence-electron chi connectivity index (χ0n) is 28.8. The van der Waals surface area contributed by atoms with Crippen LogP contribution in [0.15, 0.2) is 54.0 Å². The first kappa shape index (κ1) is 37.8. The maximum absolute atomic E-state index is 13.8. The zero-order chi connectivity index (χ0) is 35.4. The predicted octanol–water partition coefficient (Wildman–Crippen LogP) is 3.70. The molecule has 1 aliphatic rings. The quantitative estimate of drug-likeness (QED) is 0.122. The molecule has 0 aliphatic carbocycles. The number of ether oxygens (including phenoxy) is 3. The van der Waals surface area contributed by atoms with E-state index in [0.29, 0.717) is 38.5 Å². The van der Waals surface area contributed by atoms with E-state index in [1.54, 1.807) is 23.5 Å². The van der Waals surface area contributed by atoms with Crippen LogP contribution in [0.4, 0.5) is 5.69 Å². The highest BCUT2D eigenvalue weighted by Gasteiger charge is 2.44. The molecule has 12 nitrogen and oxygen atoms in total. The number of aliphatic hydroxyl groups excluding tert-OH is 1. The van der Waals surface area contributed by atoms with E-state index in [9.17, 15) is 19.5 Å². The second-order valence-electron chi connectivity index (χ2n) is 13.2. The zero-order valence-corrected chi connectivity index (χ0v) is 29.6. The van der Waals surface area contributed by atoms with Gasteiger partial charge in [0.25, 0.3) is 0 Å². The number of aromatic nitrogens is 1. The van der Waals surface area contributed by atoms with Crippen molar-refractivity contribution in [2.45, 2.75) is 71.7 Å². The second kappa shape index (κ2) is 18.1. The van der Waals surface area contributed by atoms with Gasteiger partial charge in [-0.15, -0.1) is 11.3 Å². The highest BCUT2D eigenvalue weighted by atomic mass is 32.1. The van der Waals surface area contributed by atoms with Crippen LogP contribution in [0.25, 0.3) is 10.4 Å². The molecule has 0 radical (unpaired) electrons. The van der Waals surface area contributed by atoms with Gasteiger partial charge in [-0.2, -0.15) is 0 Å². The summed E-state index contributed by atoms with van der Waals surface area (Å²) in [5, 5.41) is 16.2. The minimum absolute atomic E-state index is 0.00622. The lowest BCUT2D eigenvalue weighted by Crippen LogP contribution is -2.58. The number of aliphatic hydroxyl groups is 1. The molecule has 1 aromatic heterocycles. The first-order valence-electron chi connectivity index (χ1n) is 16.6. The topological polar surface area (TPSA) is 165 Å². The Morgan fingerprint density at radius 2 is 1.69 bits per heavy atom. The standard InChI is InChI=1S/C36H49N5O7S/c1-24-32(49-23-39-24)26-9-7-25(8-10-26)20-38-34(44)30-19-28(42)21-41(30)35(45)33(36(2,3)4)40-31(43)22-47-17-5-15-46-16-6-18-48-29-13-11-27(37)12-14-29/h7-14,23,28,30,33,42H,5-6,15-22,37H2,1-4H3,(H,38,44)(H,40,43). The van der Waals surface area contributed by atoms with Gasteiger partial charge in [-0.05, 0) is 54.2 Å². The Balaban J connectivity index is 1.18. The van der Waals surface area contributed by atoms with E-state index in [4.69, 9.17) is 19.9 Å². The minimum Gasteiger partial charge on any atom is -0.494 e. The number of benzene rings is 2. The first-order valence-corrected chi connectivity index (χ1v) is 17.5. The molecule has 4 rings (SSSR count). The molecular formula is C36H49N5O7S. The number of nitrogens with two attached hydrogens (primary N) is 1. The molecule has 3 unspecified atom stereocenters. The van der Waals surface area contributed by atoms with Gasteiger partial charge < -0.3 is 40.6 Å². The van der Waals surface area contributed by atoms with Crippen LogP contribution in [-0.4, -0.2) is 90.5 Å². The van der Waals surface area contributed by atoms with Gasteiger partial charge >= 0.3 is 0 Å². The average Bonchev–Trinajstić information content (AvgIpc) is 3.68. The summed E-state index contributed by atoms with van der Waals surface area (Å²) in [5.41, 5.74) is 10.4. The number of amides is 3. The van der Waals surface area contributed by atoms with E-state index < -0.39 is 35.4 Å². The maximum Gasteiger partial charge on any atom is 0.246 e. The Kier molecular flexibility index (Phi) is 13.9. The molecule has 13 heteroatoms. The number of hydrogen-bond acceptors (Lipinski definition) is 10. The van der Waals surface area contributed by atoms with Crippen LogP contribution in [0.2, 0.25) is 0 Å². The Morgan fingerprint density at radius 1 is 1.02 bits per heavy atom. The molecule has 5 N–H and O–H groups in total. The van der Waals surface area contributed by atoms with Gasteiger partial charge in [-0.25, -0.2) is 4.98 Å². The van der Waals surface area contributed by atoms with Crippen molar-refractivity contribution in [1.29, 1.82) is 0 Å². The molecule has 0 bridgehead atoms. The average molecular weight is 696 g/mol. The summed E-state index contributed by atoms with van der Waals surface area (Å²) in [4.78, 5) is 46.7. The van der Waals surface area contributed by atoms with Crippen molar-refractivity contribution in [2.75, 3.05) is 45.3 Å². The molecule has 0 spiro atoms. The van der Waals surface area contributed by atoms with Gasteiger partial charge in [0.05, 0.1) is 28.8 Å². The number of hydrogen-bond donors (Lipinski definition) is 4. The van der Waals surface area contributed by atoms with Gasteiger partial charge in [0.1, 0.15) is 24.4 Å². The molecule has 3 aromatic rings. The summed E-state index contributed by atoms with van der Waals surface area (Å²) in [6.07, 6.45) is 0.604. The SMILES string of the molecule is Cc1ncsc1-c1ccc(CNC(=O)C2CC(O)CN2C(=O)C(NC(=O)COCCCOCCCOc2ccc(N)cc2)C(C)(C)C)cc1. The lowest BCUT2D eigenvalue weighted by Gasteiger charge is -2.35. The molecule has 1 saturated heterocycles. The molecule has 1 aliphatic heterocycles. The summed E-state index contributed by atoms with van der Waals surface area (Å²) in [5.74, 6) is -0.454. The summed E-state index contributed by atoms with van der Waals surface area (Å²) >= 11 is 1.58. The number of likely N-dealkylation sites (tertiary alicyclic amines) is 1. The van der Waals surface area contributed by atoms with Gasteiger partial charge in [-0.1, -0.05) is 45.0 Å². The van der Waals surface area contributed by atoms with Crippen molar-refractivity contribution in [1.82, 2.24) is 20.5 Å². The molecule has 49 heavy (non-hydrogen) atoms. The highest BCUT2D eigenvalue weighted by Crippen LogP contribution is 2.28. The van der Waals surface area contributed by atoms with Gasteiger partial charge in [-0.3, -0.25) is 14.4 Å². The van der Waals surface area contributed by atoms with Crippen molar-refractivity contribution < 1.29 is 33.7 Å². The molecule has 266 valence electrons. The van der Waals surface area contributed by atoms with E-state index in [0.717, 1.165) is 33.9 Å². The largest absolute Gasteiger partial charge is 0.494 e. The summed E-state index contributed by atoms with van der Waals surface area (Å²) in [7, 11) is 0. The number of nitrogens with one attached hydrogen (secondary N) is 2. The predicted molar refractivity (Wildman–Crippen MR) is 189 cm³/mol. The number of anilines is 1. The van der Waals surface area contributed by atoms with E-state index in [1.807, 2.05) is 69.6 Å². The van der Waals surface area contributed by atoms with Gasteiger partial charge in [0, 0.05) is 51.4 Å². The van der Waals surface area contributed by atoms with Crippen LogP contribution in [0.3, 0.4) is 0 Å². The smallest absolute Gasteiger partial charge is 0.246 e. The van der Waals surface area contributed by atoms with Crippen LogP contribution >= 0.6 is 11.3 Å². The third-order valence-electron chi connectivity index (χ3n) is 8.10. The number of carbonyl (C=O) groups is 3. The fourth-order valence-corrected chi connectivity index (χ4v) is 6.24. The van der Waals surface area contributed by atoms with Crippen LogP contribution in [0.1, 0.15) is 51.3 Å². The first-order chi connectivity index (χ1) is 23.4. The Labute approximate surface area is 292 Å². The van der Waals surface area contributed by atoms with Crippen molar-refractivity contribution in [3.8, 4) is 16.2 Å². The van der Waals surface area contributed by atoms with E-state index in [1.165, 1.54) is 4.90 Å². The van der Waals surface area contributed by atoms with Crippen molar-refractivity contribution in [3.63, 3.8) is 0 Å². The van der Waals surface area contributed by atoms with E-state index in [-0.39, 0.29) is 32.0 Å². The summed E-state index contributed by atoms with van der Waals surface area (Å²) in [6, 6.07) is 13.3. The normalized spacial score (nSPS) is 16.7. The third kappa shape index (κ3) is 11.5. The Bertz CT molecular complexity index is 1510. The highest BCUT2D eigenvalue weighted by molar-refractivity contribution is 7.13. The summed E-state index contributed by atoms with van der Waals surface area (Å²) < 4.78 is 16.8. The third-order valence-corrected chi connectivity index (χ3v) is 9.08. The molecular weight excluding hydrogens is 646 g/mol. The maximum atomic E-state index is 13.8. The van der Waals surface area contributed by atoms with Gasteiger partial charge in [0.2, 0.25) is 17.7 Å². The number of thiazole rings is 1. The second-order valence-corrected chi connectivity index (χ2v) is 14.1. The molecule has 2 heterocycles. The van der Waals surface area contributed by atoms with E-state index >= 15 is 0 Å². The fraction of sp³-hybridized carbons (Fsp3) is 0.500. The molecule has 1 fully saturated rings. The molecule has 0 saturated carbocycles. The number of β-amino-alcohol motifs (C(OH)–C–C–N with tert-alkyl or cyclic N) is 1. The van der Waals surface area contributed by atoms with Crippen molar-refractivity contribution in [2.24, 2.45) is 5.41 Å². The van der Waals surface area contributed by atoms with Crippen LogP contribution < -0.4 is 21.1 Å². The van der Waals surface area contributed by atoms with Gasteiger partial charge in [0.15, 0.2) is 0 Å². The Morgan fingerprint density at radius 3 is 2.35 bits per heavy atom. The number of nitrogens with zero attached hydrogens (tertiary/aromatic N) is 2. The fourth-order valence-electron chi connectivity index (χ4n) is 5.43. The van der Waals surface area contributed by atoms with E-state index in [2.05, 4.69) is 15.6 Å². The molecule has 3 atom stereocenters. The van der Waals surface area contributed by atoms with Crippen molar-refractivity contribution in [3.05, 3.63) is 65.3 Å². The molecule has 2 aromatic carbocycles. The lowest BCUT2D eigenvalue weighted by molar-refractivity contribution is -0.144. The van der Waals surface area contributed by atoms with Crippen LogP contribution in [0, 0.1) is 12.3 Å². The number of nitrogen functional groups attached to an aromatic ring is 1. The number of aryl methyl sites for hydroxylation is 1. The van der Waals surface area contributed by atoms with Crippen molar-refractivity contribution >= 4 is 34.7 Å². The lowest BCUT2D eigenvalue weighted by atomic mass is 9.85. The minimum atomic E-state index is -0.925. The number of rotatable bonds is 17. The molecule has 3 amide bonds. The monoisotopic (exact) mass is 695 g/mol. The van der Waals surface area contributed by atoms with Crippen LogP contribution in [0.5, 0.6) is 5.75 Å². The number of carbonyl (C=O) groups excluding carboxylic acids is 3. The summed E-state index contributed by atoms with van der Waals surface area (Å²) in [6.45, 7) is 9.41.